The van der Waals surface area contributed by atoms with Gasteiger partial charge >= 0.3 is 0 Å². The summed E-state index contributed by atoms with van der Waals surface area (Å²) in [6.45, 7) is 1.45. The molecule has 1 fully saturated rings. The minimum atomic E-state index is -3.16. The lowest BCUT2D eigenvalue weighted by molar-refractivity contribution is -0.120. The third-order valence-corrected chi connectivity index (χ3v) is 5.57. The summed E-state index contributed by atoms with van der Waals surface area (Å²) in [5.74, 6) is 0.553. The number of carbonyl (C=O) groups excluding carboxylic acids is 1. The van der Waals surface area contributed by atoms with Gasteiger partial charge in [0.15, 0.2) is 0 Å². The Balaban J connectivity index is 1.63. The van der Waals surface area contributed by atoms with Crippen molar-refractivity contribution < 1.29 is 17.9 Å². The van der Waals surface area contributed by atoms with Crippen LogP contribution in [0.3, 0.4) is 0 Å². The molecular formula is C15H20N2O4S. The van der Waals surface area contributed by atoms with Gasteiger partial charge in [0.25, 0.3) is 0 Å². The molecule has 0 atom stereocenters. The zero-order valence-electron chi connectivity index (χ0n) is 12.5. The first-order valence-corrected chi connectivity index (χ1v) is 9.30. The maximum atomic E-state index is 12.4. The van der Waals surface area contributed by atoms with Gasteiger partial charge in [-0.2, -0.15) is 0 Å². The van der Waals surface area contributed by atoms with Gasteiger partial charge in [-0.15, -0.1) is 0 Å². The minimum Gasteiger partial charge on any atom is -0.491 e. The second-order valence-electron chi connectivity index (χ2n) is 5.82. The number of carbonyl (C=O) groups is 1. The number of benzene rings is 1. The molecule has 2 heterocycles. The zero-order valence-corrected chi connectivity index (χ0v) is 13.4. The van der Waals surface area contributed by atoms with Gasteiger partial charge in [0, 0.05) is 25.4 Å². The Labute approximate surface area is 130 Å². The molecule has 1 N–H and O–H groups in total. The molecule has 2 aliphatic rings. The van der Waals surface area contributed by atoms with E-state index in [-0.39, 0.29) is 11.8 Å². The lowest BCUT2D eigenvalue weighted by Crippen LogP contribution is -2.40. The smallest absolute Gasteiger partial charge is 0.227 e. The molecule has 0 radical (unpaired) electrons. The van der Waals surface area contributed by atoms with Crippen LogP contribution in [0.5, 0.6) is 5.75 Å². The molecule has 0 aliphatic carbocycles. The van der Waals surface area contributed by atoms with Crippen molar-refractivity contribution in [2.75, 3.05) is 31.3 Å². The van der Waals surface area contributed by atoms with E-state index in [4.69, 9.17) is 4.74 Å². The van der Waals surface area contributed by atoms with Crippen molar-refractivity contribution in [3.8, 4) is 5.75 Å². The lowest BCUT2D eigenvalue weighted by atomic mass is 9.97. The van der Waals surface area contributed by atoms with Crippen LogP contribution < -0.4 is 10.1 Å². The Morgan fingerprint density at radius 1 is 1.32 bits per heavy atom. The molecule has 7 heteroatoms. The standard InChI is InChI=1S/C15H20N2O4S/c1-22(19,20)17-8-5-12(6-9-17)15(18)16-13-4-2-3-11-7-10-21-14(11)13/h2-4,12H,5-10H2,1H3,(H,16,18). The number of nitrogens with one attached hydrogen (secondary N) is 1. The normalized spacial score (nSPS) is 19.5. The van der Waals surface area contributed by atoms with Crippen LogP contribution in [0.15, 0.2) is 18.2 Å². The van der Waals surface area contributed by atoms with Gasteiger partial charge in [0.05, 0.1) is 18.6 Å². The minimum absolute atomic E-state index is 0.0583. The van der Waals surface area contributed by atoms with E-state index in [1.165, 1.54) is 10.6 Å². The van der Waals surface area contributed by atoms with E-state index < -0.39 is 10.0 Å². The Morgan fingerprint density at radius 2 is 2.05 bits per heavy atom. The summed E-state index contributed by atoms with van der Waals surface area (Å²) in [5.41, 5.74) is 1.83. The summed E-state index contributed by atoms with van der Waals surface area (Å²) in [5, 5.41) is 2.93. The van der Waals surface area contributed by atoms with E-state index in [2.05, 4.69) is 5.32 Å². The van der Waals surface area contributed by atoms with Crippen molar-refractivity contribution in [1.82, 2.24) is 4.31 Å². The molecule has 0 spiro atoms. The molecule has 1 aromatic carbocycles. The van der Waals surface area contributed by atoms with Gasteiger partial charge < -0.3 is 10.1 Å². The molecule has 0 unspecified atom stereocenters. The summed E-state index contributed by atoms with van der Waals surface area (Å²) in [4.78, 5) is 12.4. The number of hydrogen-bond acceptors (Lipinski definition) is 4. The quantitative estimate of drug-likeness (QED) is 0.907. The number of anilines is 1. The molecule has 0 aromatic heterocycles. The molecule has 0 bridgehead atoms. The molecule has 6 nitrogen and oxygen atoms in total. The van der Waals surface area contributed by atoms with E-state index in [0.29, 0.717) is 38.2 Å². The third-order valence-electron chi connectivity index (χ3n) is 4.27. The Morgan fingerprint density at radius 3 is 2.73 bits per heavy atom. The number of ether oxygens (including phenoxy) is 1. The van der Waals surface area contributed by atoms with E-state index in [1.54, 1.807) is 0 Å². The highest BCUT2D eigenvalue weighted by atomic mass is 32.2. The van der Waals surface area contributed by atoms with Crippen LogP contribution >= 0.6 is 0 Å². The van der Waals surface area contributed by atoms with Crippen LogP contribution in [0.25, 0.3) is 0 Å². The van der Waals surface area contributed by atoms with Crippen LogP contribution in [0.1, 0.15) is 18.4 Å². The first kappa shape index (κ1) is 15.3. The predicted molar refractivity (Wildman–Crippen MR) is 83.4 cm³/mol. The zero-order chi connectivity index (χ0) is 15.7. The van der Waals surface area contributed by atoms with Gasteiger partial charge in [-0.3, -0.25) is 4.79 Å². The number of sulfonamides is 1. The fourth-order valence-corrected chi connectivity index (χ4v) is 3.87. The summed E-state index contributed by atoms with van der Waals surface area (Å²) in [6, 6.07) is 5.76. The van der Waals surface area contributed by atoms with Gasteiger partial charge in [0.1, 0.15) is 5.75 Å². The molecular weight excluding hydrogens is 304 g/mol. The van der Waals surface area contributed by atoms with Crippen molar-refractivity contribution >= 4 is 21.6 Å². The highest BCUT2D eigenvalue weighted by Crippen LogP contribution is 2.34. The van der Waals surface area contributed by atoms with Gasteiger partial charge in [0.2, 0.25) is 15.9 Å². The van der Waals surface area contributed by atoms with Crippen LogP contribution in [-0.4, -0.2) is 44.6 Å². The fourth-order valence-electron chi connectivity index (χ4n) is 3.00. The first-order valence-electron chi connectivity index (χ1n) is 7.46. The highest BCUT2D eigenvalue weighted by molar-refractivity contribution is 7.88. The van der Waals surface area contributed by atoms with Crippen LogP contribution in [0.4, 0.5) is 5.69 Å². The maximum absolute atomic E-state index is 12.4. The second-order valence-corrected chi connectivity index (χ2v) is 7.80. The van der Waals surface area contributed by atoms with Gasteiger partial charge in [-0.1, -0.05) is 12.1 Å². The average molecular weight is 324 g/mol. The molecule has 120 valence electrons. The summed E-state index contributed by atoms with van der Waals surface area (Å²) in [7, 11) is -3.16. The number of nitrogens with zero attached hydrogens (tertiary/aromatic N) is 1. The van der Waals surface area contributed by atoms with E-state index in [0.717, 1.165) is 17.7 Å². The van der Waals surface area contributed by atoms with Crippen molar-refractivity contribution in [2.45, 2.75) is 19.3 Å². The first-order chi connectivity index (χ1) is 10.4. The molecule has 1 aromatic rings. The Kier molecular flexibility index (Phi) is 4.10. The summed E-state index contributed by atoms with van der Waals surface area (Å²) < 4.78 is 30.0. The third kappa shape index (κ3) is 3.10. The highest BCUT2D eigenvalue weighted by Gasteiger charge is 2.29. The lowest BCUT2D eigenvalue weighted by Gasteiger charge is -2.29. The number of piperidine rings is 1. The van der Waals surface area contributed by atoms with Crippen LogP contribution in [-0.2, 0) is 21.2 Å². The largest absolute Gasteiger partial charge is 0.491 e. The van der Waals surface area contributed by atoms with Crippen molar-refractivity contribution in [3.63, 3.8) is 0 Å². The second kappa shape index (κ2) is 5.89. The molecule has 0 saturated carbocycles. The summed E-state index contributed by atoms with van der Waals surface area (Å²) in [6.07, 6.45) is 3.17. The molecule has 3 rings (SSSR count). The van der Waals surface area contributed by atoms with Crippen molar-refractivity contribution in [3.05, 3.63) is 23.8 Å². The number of rotatable bonds is 3. The molecule has 1 saturated heterocycles. The topological polar surface area (TPSA) is 75.7 Å². The van der Waals surface area contributed by atoms with Gasteiger partial charge in [-0.25, -0.2) is 12.7 Å². The van der Waals surface area contributed by atoms with Crippen LogP contribution in [0.2, 0.25) is 0 Å². The SMILES string of the molecule is CS(=O)(=O)N1CCC(C(=O)Nc2cccc3c2OCC3)CC1. The van der Waals surface area contributed by atoms with Crippen molar-refractivity contribution in [1.29, 1.82) is 0 Å². The van der Waals surface area contributed by atoms with E-state index in [9.17, 15) is 13.2 Å². The number of para-hydroxylation sites is 1. The van der Waals surface area contributed by atoms with Crippen molar-refractivity contribution in [2.24, 2.45) is 5.92 Å². The Bertz CT molecular complexity index is 679. The molecule has 1 amide bonds. The predicted octanol–water partition coefficient (Wildman–Crippen LogP) is 1.23. The number of amides is 1. The monoisotopic (exact) mass is 324 g/mol. The molecule has 2 aliphatic heterocycles. The number of fused-ring (bicyclic) bond motifs is 1. The van der Waals surface area contributed by atoms with E-state index >= 15 is 0 Å². The fraction of sp³-hybridized carbons (Fsp3) is 0.533. The van der Waals surface area contributed by atoms with E-state index in [1.807, 2.05) is 18.2 Å². The number of hydrogen-bond donors (Lipinski definition) is 1. The van der Waals surface area contributed by atoms with Crippen LogP contribution in [0, 0.1) is 5.92 Å². The van der Waals surface area contributed by atoms with Gasteiger partial charge in [-0.05, 0) is 24.5 Å². The summed E-state index contributed by atoms with van der Waals surface area (Å²) >= 11 is 0. The molecule has 22 heavy (non-hydrogen) atoms. The maximum Gasteiger partial charge on any atom is 0.227 e. The Hall–Kier alpha value is -1.60. The average Bonchev–Trinajstić information content (AvgIpc) is 2.96.